The van der Waals surface area contributed by atoms with E-state index in [2.05, 4.69) is 15.6 Å². The highest BCUT2D eigenvalue weighted by atomic mass is 16.3. The molecule has 0 radical (unpaired) electrons. The number of nitrogens with one attached hydrogen (secondary N) is 3. The first-order valence-corrected chi connectivity index (χ1v) is 12.0. The van der Waals surface area contributed by atoms with E-state index in [1.165, 1.54) is 12.1 Å². The van der Waals surface area contributed by atoms with Crippen LogP contribution in [0.25, 0.3) is 10.9 Å². The van der Waals surface area contributed by atoms with Gasteiger partial charge in [-0.05, 0) is 47.7 Å². The number of carbonyl (C=O) groups is 1. The Morgan fingerprint density at radius 2 is 1.69 bits per heavy atom. The number of aliphatic hydroxyl groups excluding tert-OH is 1. The molecule has 36 heavy (non-hydrogen) atoms. The molecule has 0 aliphatic carbocycles. The maximum Gasteiger partial charge on any atom is 0.248 e. The van der Waals surface area contributed by atoms with Gasteiger partial charge in [0, 0.05) is 30.6 Å². The third kappa shape index (κ3) is 6.59. The van der Waals surface area contributed by atoms with Gasteiger partial charge >= 0.3 is 0 Å². The zero-order valence-corrected chi connectivity index (χ0v) is 20.2. The molecule has 0 saturated carbocycles. The largest absolute Gasteiger partial charge is 0.506 e. The van der Waals surface area contributed by atoms with Gasteiger partial charge in [-0.1, -0.05) is 60.7 Å². The third-order valence-corrected chi connectivity index (χ3v) is 6.16. The number of aromatic nitrogens is 1. The van der Waals surface area contributed by atoms with Gasteiger partial charge in [0.05, 0.1) is 18.0 Å². The summed E-state index contributed by atoms with van der Waals surface area (Å²) in [5, 5.41) is 27.8. The second-order valence-electron chi connectivity index (χ2n) is 9.07. The van der Waals surface area contributed by atoms with E-state index in [-0.39, 0.29) is 23.3 Å². The summed E-state index contributed by atoms with van der Waals surface area (Å²) in [4.78, 5) is 26.6. The second-order valence-corrected chi connectivity index (χ2v) is 9.07. The lowest BCUT2D eigenvalue weighted by atomic mass is 10.0. The predicted molar refractivity (Wildman–Crippen MR) is 141 cm³/mol. The number of pyridine rings is 1. The minimum absolute atomic E-state index is 0.0206. The van der Waals surface area contributed by atoms with Crippen LogP contribution in [0.3, 0.4) is 0 Å². The number of fused-ring (bicyclic) bond motifs is 1. The summed E-state index contributed by atoms with van der Waals surface area (Å²) in [7, 11) is 0. The summed E-state index contributed by atoms with van der Waals surface area (Å²) in [6, 6.07) is 24.0. The van der Waals surface area contributed by atoms with Crippen LogP contribution in [0.15, 0.2) is 83.7 Å². The Hall–Kier alpha value is -3.94. The molecule has 1 amide bonds. The number of benzene rings is 3. The summed E-state index contributed by atoms with van der Waals surface area (Å²) < 4.78 is 0. The molecule has 186 valence electrons. The molecular formula is C29H31N3O4. The number of aromatic hydroxyl groups is 1. The standard InChI is InChI=1S/C29H31N3O4/c1-19(30-18-26(34)23-10-12-25(33)29-24(23)11-13-27(35)32-29)14-21-8-5-9-22(15-21)16-28(36)31-17-20-6-3-2-4-7-20/h2-13,15,19,26,30,33-34H,14,16-18H2,1H3,(H,31,36)(H,32,35)/t19-,26-/m1/s1. The van der Waals surface area contributed by atoms with Crippen LogP contribution in [-0.2, 0) is 24.2 Å². The predicted octanol–water partition coefficient (Wildman–Crippen LogP) is 3.35. The number of aromatic amines is 1. The van der Waals surface area contributed by atoms with Crippen LogP contribution in [0.5, 0.6) is 5.75 Å². The number of aliphatic hydroxyl groups is 1. The third-order valence-electron chi connectivity index (χ3n) is 6.16. The molecular weight excluding hydrogens is 454 g/mol. The maximum atomic E-state index is 12.4. The molecule has 3 aromatic carbocycles. The molecule has 4 aromatic rings. The smallest absolute Gasteiger partial charge is 0.248 e. The fourth-order valence-corrected chi connectivity index (χ4v) is 4.31. The lowest BCUT2D eigenvalue weighted by Gasteiger charge is -2.19. The Bertz CT molecular complexity index is 1380. The average Bonchev–Trinajstić information content (AvgIpc) is 2.87. The number of carbonyl (C=O) groups excluding carboxylic acids is 1. The molecule has 2 atom stereocenters. The van der Waals surface area contributed by atoms with Crippen LogP contribution < -0.4 is 16.2 Å². The van der Waals surface area contributed by atoms with Crippen molar-refractivity contribution in [3.05, 3.63) is 111 Å². The van der Waals surface area contributed by atoms with E-state index in [0.29, 0.717) is 36.0 Å². The Kier molecular flexibility index (Phi) is 8.15. The highest BCUT2D eigenvalue weighted by Gasteiger charge is 2.15. The number of hydrogen-bond donors (Lipinski definition) is 5. The van der Waals surface area contributed by atoms with Gasteiger partial charge in [-0.15, -0.1) is 0 Å². The van der Waals surface area contributed by atoms with Crippen LogP contribution in [0.1, 0.15) is 35.3 Å². The second kappa shape index (κ2) is 11.7. The van der Waals surface area contributed by atoms with Crippen molar-refractivity contribution < 1.29 is 15.0 Å². The van der Waals surface area contributed by atoms with E-state index in [9.17, 15) is 19.8 Å². The van der Waals surface area contributed by atoms with E-state index in [1.807, 2.05) is 61.5 Å². The lowest BCUT2D eigenvalue weighted by molar-refractivity contribution is -0.120. The average molecular weight is 486 g/mol. The summed E-state index contributed by atoms with van der Waals surface area (Å²) >= 11 is 0. The monoisotopic (exact) mass is 485 g/mol. The molecule has 0 saturated heterocycles. The van der Waals surface area contributed by atoms with Gasteiger partial charge in [0.1, 0.15) is 5.75 Å². The summed E-state index contributed by atoms with van der Waals surface area (Å²) in [5.41, 5.74) is 3.75. The van der Waals surface area contributed by atoms with Crippen molar-refractivity contribution >= 4 is 16.8 Å². The first kappa shape index (κ1) is 25.2. The first-order chi connectivity index (χ1) is 17.4. The Morgan fingerprint density at radius 1 is 0.944 bits per heavy atom. The molecule has 0 bridgehead atoms. The van der Waals surface area contributed by atoms with E-state index in [1.54, 1.807) is 12.1 Å². The summed E-state index contributed by atoms with van der Waals surface area (Å²) in [6.45, 7) is 2.86. The Morgan fingerprint density at radius 3 is 2.50 bits per heavy atom. The first-order valence-electron chi connectivity index (χ1n) is 12.0. The van der Waals surface area contributed by atoms with Crippen molar-refractivity contribution in [2.75, 3.05) is 6.54 Å². The van der Waals surface area contributed by atoms with Crippen molar-refractivity contribution in [2.24, 2.45) is 0 Å². The SMILES string of the molecule is C[C@H](Cc1cccc(CC(=O)NCc2ccccc2)c1)NC[C@@H](O)c1ccc(O)c2[nH]c(=O)ccc12. The van der Waals surface area contributed by atoms with Crippen molar-refractivity contribution in [3.8, 4) is 5.75 Å². The summed E-state index contributed by atoms with van der Waals surface area (Å²) in [5.74, 6) is -0.0543. The van der Waals surface area contributed by atoms with Gasteiger partial charge in [0.15, 0.2) is 0 Å². The zero-order chi connectivity index (χ0) is 25.5. The number of hydrogen-bond acceptors (Lipinski definition) is 5. The normalized spacial score (nSPS) is 12.8. The maximum absolute atomic E-state index is 12.4. The fourth-order valence-electron chi connectivity index (χ4n) is 4.31. The Balaban J connectivity index is 1.31. The molecule has 0 aliphatic rings. The topological polar surface area (TPSA) is 114 Å². The zero-order valence-electron chi connectivity index (χ0n) is 20.2. The highest BCUT2D eigenvalue weighted by molar-refractivity contribution is 5.87. The molecule has 0 fully saturated rings. The number of phenolic OH excluding ortho intramolecular Hbond substituents is 1. The minimum Gasteiger partial charge on any atom is -0.506 e. The quantitative estimate of drug-likeness (QED) is 0.236. The fraction of sp³-hybridized carbons (Fsp3) is 0.241. The van der Waals surface area contributed by atoms with E-state index >= 15 is 0 Å². The van der Waals surface area contributed by atoms with Gasteiger partial charge in [-0.3, -0.25) is 9.59 Å². The molecule has 5 N–H and O–H groups in total. The molecule has 7 nitrogen and oxygen atoms in total. The molecule has 1 aromatic heterocycles. The summed E-state index contributed by atoms with van der Waals surface area (Å²) in [6.07, 6.45) is 0.230. The lowest BCUT2D eigenvalue weighted by Crippen LogP contribution is -2.32. The van der Waals surface area contributed by atoms with Crippen molar-refractivity contribution in [1.29, 1.82) is 0 Å². The van der Waals surface area contributed by atoms with Crippen LogP contribution in [-0.4, -0.2) is 33.7 Å². The van der Waals surface area contributed by atoms with Gasteiger partial charge in [-0.2, -0.15) is 0 Å². The van der Waals surface area contributed by atoms with Crippen molar-refractivity contribution in [2.45, 2.75) is 38.5 Å². The van der Waals surface area contributed by atoms with E-state index in [4.69, 9.17) is 0 Å². The number of rotatable bonds is 10. The number of phenols is 1. The van der Waals surface area contributed by atoms with E-state index < -0.39 is 6.10 Å². The molecule has 0 spiro atoms. The molecule has 1 heterocycles. The van der Waals surface area contributed by atoms with E-state index in [0.717, 1.165) is 23.1 Å². The molecule has 0 unspecified atom stereocenters. The van der Waals surface area contributed by atoms with Crippen LogP contribution in [0.4, 0.5) is 0 Å². The van der Waals surface area contributed by atoms with Gasteiger partial charge in [0.25, 0.3) is 0 Å². The van der Waals surface area contributed by atoms with Crippen LogP contribution in [0, 0.1) is 0 Å². The van der Waals surface area contributed by atoms with Crippen LogP contribution in [0.2, 0.25) is 0 Å². The minimum atomic E-state index is -0.818. The van der Waals surface area contributed by atoms with Gasteiger partial charge in [0.2, 0.25) is 11.5 Å². The molecule has 4 rings (SSSR count). The molecule has 7 heteroatoms. The van der Waals surface area contributed by atoms with Crippen molar-refractivity contribution in [1.82, 2.24) is 15.6 Å². The Labute approximate surface area is 209 Å². The molecule has 0 aliphatic heterocycles. The number of amides is 1. The van der Waals surface area contributed by atoms with Crippen LogP contribution >= 0.6 is 0 Å². The highest BCUT2D eigenvalue weighted by Crippen LogP contribution is 2.28. The number of H-pyrrole nitrogens is 1. The van der Waals surface area contributed by atoms with Gasteiger partial charge < -0.3 is 25.8 Å². The van der Waals surface area contributed by atoms with Gasteiger partial charge in [-0.25, -0.2) is 0 Å². The van der Waals surface area contributed by atoms with Crippen molar-refractivity contribution in [3.63, 3.8) is 0 Å².